The molecule has 0 amide bonds. The molecule has 0 atom stereocenters. The third-order valence-electron chi connectivity index (χ3n) is 4.46. The number of hydrogen-bond acceptors (Lipinski definition) is 6. The number of benzene rings is 2. The summed E-state index contributed by atoms with van der Waals surface area (Å²) in [7, 11) is 4.84. The first-order valence-corrected chi connectivity index (χ1v) is 9.33. The highest BCUT2D eigenvalue weighted by Crippen LogP contribution is 2.38. The van der Waals surface area contributed by atoms with Crippen LogP contribution in [0.5, 0.6) is 23.0 Å². The van der Waals surface area contributed by atoms with Gasteiger partial charge < -0.3 is 24.3 Å². The molecule has 3 aromatic rings. The zero-order valence-corrected chi connectivity index (χ0v) is 18.2. The van der Waals surface area contributed by atoms with Gasteiger partial charge in [0, 0.05) is 25.5 Å². The van der Waals surface area contributed by atoms with E-state index in [1.807, 2.05) is 36.4 Å². The van der Waals surface area contributed by atoms with Gasteiger partial charge in [-0.15, -0.1) is 12.4 Å². The molecule has 1 N–H and O–H groups in total. The first-order chi connectivity index (χ1) is 14.2. The summed E-state index contributed by atoms with van der Waals surface area (Å²) in [6.45, 7) is 1.94. The summed E-state index contributed by atoms with van der Waals surface area (Å²) in [5.74, 6) is 2.75. The van der Waals surface area contributed by atoms with Gasteiger partial charge in [-0.25, -0.2) is 0 Å². The van der Waals surface area contributed by atoms with Crippen LogP contribution in [0.2, 0.25) is 0 Å². The Hall–Kier alpha value is -2.96. The van der Waals surface area contributed by atoms with Crippen molar-refractivity contribution in [2.45, 2.75) is 19.7 Å². The van der Waals surface area contributed by atoms with E-state index in [4.69, 9.17) is 18.9 Å². The van der Waals surface area contributed by atoms with E-state index in [9.17, 15) is 0 Å². The van der Waals surface area contributed by atoms with Crippen LogP contribution in [0.15, 0.2) is 60.9 Å². The topological polar surface area (TPSA) is 61.8 Å². The van der Waals surface area contributed by atoms with E-state index in [0.29, 0.717) is 30.4 Å². The molecule has 1 aromatic heterocycles. The number of rotatable bonds is 10. The zero-order chi connectivity index (χ0) is 20.5. The van der Waals surface area contributed by atoms with Crippen LogP contribution in [-0.2, 0) is 19.7 Å². The van der Waals surface area contributed by atoms with Gasteiger partial charge in [-0.3, -0.25) is 4.98 Å². The summed E-state index contributed by atoms with van der Waals surface area (Å²) < 4.78 is 22.0. The number of nitrogens with one attached hydrogen (secondary N) is 1. The fourth-order valence-corrected chi connectivity index (χ4v) is 2.94. The maximum atomic E-state index is 5.81. The van der Waals surface area contributed by atoms with E-state index in [0.717, 1.165) is 23.4 Å². The third kappa shape index (κ3) is 6.27. The van der Waals surface area contributed by atoms with E-state index in [-0.39, 0.29) is 12.4 Å². The SMILES string of the molecule is COc1cc(CNCc2ccc(OCc3ccncc3)cc2)cc(OC)c1OC.Cl. The van der Waals surface area contributed by atoms with Crippen molar-refractivity contribution in [3.8, 4) is 23.0 Å². The van der Waals surface area contributed by atoms with Gasteiger partial charge in [0.25, 0.3) is 0 Å². The number of pyridine rings is 1. The van der Waals surface area contributed by atoms with Gasteiger partial charge in [-0.1, -0.05) is 12.1 Å². The van der Waals surface area contributed by atoms with Crippen molar-refractivity contribution in [2.75, 3.05) is 21.3 Å². The molecule has 0 bridgehead atoms. The Morgan fingerprint density at radius 1 is 0.733 bits per heavy atom. The molecule has 2 aromatic carbocycles. The van der Waals surface area contributed by atoms with E-state index in [1.54, 1.807) is 33.7 Å². The van der Waals surface area contributed by atoms with Gasteiger partial charge in [-0.05, 0) is 53.1 Å². The molecule has 7 heteroatoms. The molecule has 0 aliphatic heterocycles. The average molecular weight is 431 g/mol. The molecule has 6 nitrogen and oxygen atoms in total. The number of hydrogen-bond donors (Lipinski definition) is 1. The molecular formula is C23H27ClN2O4. The average Bonchev–Trinajstić information content (AvgIpc) is 2.78. The van der Waals surface area contributed by atoms with Crippen molar-refractivity contribution in [3.63, 3.8) is 0 Å². The maximum absolute atomic E-state index is 5.81. The summed E-state index contributed by atoms with van der Waals surface area (Å²) in [4.78, 5) is 4.01. The number of ether oxygens (including phenoxy) is 4. The van der Waals surface area contributed by atoms with E-state index >= 15 is 0 Å². The first kappa shape index (κ1) is 23.3. The lowest BCUT2D eigenvalue weighted by atomic mass is 10.1. The molecule has 0 radical (unpaired) electrons. The fourth-order valence-electron chi connectivity index (χ4n) is 2.94. The quantitative estimate of drug-likeness (QED) is 0.514. The van der Waals surface area contributed by atoms with Crippen LogP contribution in [-0.4, -0.2) is 26.3 Å². The van der Waals surface area contributed by atoms with Gasteiger partial charge in [0.1, 0.15) is 12.4 Å². The lowest BCUT2D eigenvalue weighted by Crippen LogP contribution is -2.13. The summed E-state index contributed by atoms with van der Waals surface area (Å²) in [5.41, 5.74) is 3.32. The third-order valence-corrected chi connectivity index (χ3v) is 4.46. The highest BCUT2D eigenvalue weighted by molar-refractivity contribution is 5.85. The summed E-state index contributed by atoms with van der Waals surface area (Å²) in [6, 6.07) is 15.9. The fraction of sp³-hybridized carbons (Fsp3) is 0.261. The Labute approximate surface area is 183 Å². The second-order valence-corrected chi connectivity index (χ2v) is 6.43. The monoisotopic (exact) mass is 430 g/mol. The van der Waals surface area contributed by atoms with Crippen LogP contribution < -0.4 is 24.3 Å². The molecular weight excluding hydrogens is 404 g/mol. The molecule has 0 unspecified atom stereocenters. The minimum Gasteiger partial charge on any atom is -0.493 e. The van der Waals surface area contributed by atoms with Crippen LogP contribution >= 0.6 is 12.4 Å². The second-order valence-electron chi connectivity index (χ2n) is 6.43. The van der Waals surface area contributed by atoms with Crippen molar-refractivity contribution in [3.05, 3.63) is 77.6 Å². The van der Waals surface area contributed by atoms with E-state index < -0.39 is 0 Å². The summed E-state index contributed by atoms with van der Waals surface area (Å²) >= 11 is 0. The Balaban J connectivity index is 0.00000320. The smallest absolute Gasteiger partial charge is 0.203 e. The van der Waals surface area contributed by atoms with Gasteiger partial charge in [0.15, 0.2) is 11.5 Å². The minimum absolute atomic E-state index is 0. The maximum Gasteiger partial charge on any atom is 0.203 e. The molecule has 3 rings (SSSR count). The number of halogens is 1. The Kier molecular flexibility index (Phi) is 9.25. The highest BCUT2D eigenvalue weighted by atomic mass is 35.5. The van der Waals surface area contributed by atoms with Crippen molar-refractivity contribution in [2.24, 2.45) is 0 Å². The van der Waals surface area contributed by atoms with Crippen LogP contribution in [0.3, 0.4) is 0 Å². The molecule has 0 saturated heterocycles. The number of methoxy groups -OCH3 is 3. The van der Waals surface area contributed by atoms with Crippen LogP contribution in [0.4, 0.5) is 0 Å². The standard InChI is InChI=1S/C23H26N2O4.ClH/c1-26-21-12-19(13-22(27-2)23(21)28-3)15-25-14-17-4-6-20(7-5-17)29-16-18-8-10-24-11-9-18;/h4-13,25H,14-16H2,1-3H3;1H. The largest absolute Gasteiger partial charge is 0.493 e. The Morgan fingerprint density at radius 2 is 1.33 bits per heavy atom. The number of nitrogens with zero attached hydrogens (tertiary/aromatic N) is 1. The van der Waals surface area contributed by atoms with Gasteiger partial charge >= 0.3 is 0 Å². The van der Waals surface area contributed by atoms with Gasteiger partial charge in [0.05, 0.1) is 21.3 Å². The molecule has 0 saturated carbocycles. The summed E-state index contributed by atoms with van der Waals surface area (Å²) in [6.07, 6.45) is 3.53. The van der Waals surface area contributed by atoms with Gasteiger partial charge in [-0.2, -0.15) is 0 Å². The van der Waals surface area contributed by atoms with Crippen molar-refractivity contribution >= 4 is 12.4 Å². The second kappa shape index (κ2) is 11.9. The van der Waals surface area contributed by atoms with Gasteiger partial charge in [0.2, 0.25) is 5.75 Å². The molecule has 0 aliphatic carbocycles. The van der Waals surface area contributed by atoms with Crippen LogP contribution in [0.1, 0.15) is 16.7 Å². The molecule has 1 heterocycles. The first-order valence-electron chi connectivity index (χ1n) is 9.33. The van der Waals surface area contributed by atoms with Crippen LogP contribution in [0, 0.1) is 0 Å². The predicted octanol–water partition coefficient (Wildman–Crippen LogP) is 4.40. The van der Waals surface area contributed by atoms with Crippen LogP contribution in [0.25, 0.3) is 0 Å². The van der Waals surface area contributed by atoms with Crippen molar-refractivity contribution in [1.29, 1.82) is 0 Å². The summed E-state index contributed by atoms with van der Waals surface area (Å²) in [5, 5.41) is 3.44. The minimum atomic E-state index is 0. The Morgan fingerprint density at radius 3 is 1.90 bits per heavy atom. The lowest BCUT2D eigenvalue weighted by Gasteiger charge is -2.14. The highest BCUT2D eigenvalue weighted by Gasteiger charge is 2.12. The molecule has 0 spiro atoms. The van der Waals surface area contributed by atoms with E-state index in [2.05, 4.69) is 22.4 Å². The Bertz CT molecular complexity index is 880. The van der Waals surface area contributed by atoms with Crippen molar-refractivity contribution < 1.29 is 18.9 Å². The predicted molar refractivity (Wildman–Crippen MR) is 119 cm³/mol. The molecule has 0 fully saturated rings. The van der Waals surface area contributed by atoms with E-state index in [1.165, 1.54) is 5.56 Å². The normalized spacial score (nSPS) is 10.1. The number of aromatic nitrogens is 1. The molecule has 160 valence electrons. The zero-order valence-electron chi connectivity index (χ0n) is 17.4. The molecule has 0 aliphatic rings. The lowest BCUT2D eigenvalue weighted by molar-refractivity contribution is 0.306. The molecule has 30 heavy (non-hydrogen) atoms. The van der Waals surface area contributed by atoms with Crippen molar-refractivity contribution in [1.82, 2.24) is 10.3 Å².